The SMILES string of the molecule is O=C(CSc1ccccc1)NNc1nc2c(Br)cccc2s1. The first kappa shape index (κ1) is 15.3. The Hall–Kier alpha value is -1.57. The quantitative estimate of drug-likeness (QED) is 0.501. The predicted octanol–water partition coefficient (Wildman–Crippen LogP) is 4.29. The summed E-state index contributed by atoms with van der Waals surface area (Å²) in [6.45, 7) is 0. The minimum atomic E-state index is -0.0906. The summed E-state index contributed by atoms with van der Waals surface area (Å²) in [6.07, 6.45) is 0. The van der Waals surface area contributed by atoms with Gasteiger partial charge < -0.3 is 0 Å². The van der Waals surface area contributed by atoms with E-state index >= 15 is 0 Å². The van der Waals surface area contributed by atoms with Crippen LogP contribution in [0.3, 0.4) is 0 Å². The van der Waals surface area contributed by atoms with Gasteiger partial charge in [-0.3, -0.25) is 15.6 Å². The maximum atomic E-state index is 11.8. The summed E-state index contributed by atoms with van der Waals surface area (Å²) in [5, 5.41) is 0.667. The number of hydrogen-bond donors (Lipinski definition) is 2. The number of halogens is 1. The molecular formula is C15H12BrN3OS2. The fourth-order valence-electron chi connectivity index (χ4n) is 1.79. The van der Waals surface area contributed by atoms with Gasteiger partial charge in [0.1, 0.15) is 0 Å². The molecule has 7 heteroatoms. The highest BCUT2D eigenvalue weighted by atomic mass is 79.9. The Morgan fingerprint density at radius 3 is 2.77 bits per heavy atom. The summed E-state index contributed by atoms with van der Waals surface area (Å²) in [7, 11) is 0. The van der Waals surface area contributed by atoms with Gasteiger partial charge in [-0.15, -0.1) is 11.8 Å². The maximum absolute atomic E-state index is 11.8. The number of carbonyl (C=O) groups is 1. The van der Waals surface area contributed by atoms with E-state index in [9.17, 15) is 4.79 Å². The van der Waals surface area contributed by atoms with E-state index < -0.39 is 0 Å². The molecule has 0 bridgehead atoms. The fourth-order valence-corrected chi connectivity index (χ4v) is 3.95. The largest absolute Gasteiger partial charge is 0.273 e. The van der Waals surface area contributed by atoms with E-state index in [2.05, 4.69) is 31.8 Å². The van der Waals surface area contributed by atoms with Crippen LogP contribution in [0.15, 0.2) is 57.9 Å². The second-order valence-corrected chi connectivity index (χ2v) is 7.31. The number of anilines is 1. The number of fused-ring (bicyclic) bond motifs is 1. The first-order chi connectivity index (χ1) is 10.7. The molecule has 0 saturated carbocycles. The molecule has 2 N–H and O–H groups in total. The van der Waals surface area contributed by atoms with Gasteiger partial charge in [0.05, 0.1) is 16.0 Å². The smallest absolute Gasteiger partial charge is 0.248 e. The average molecular weight is 394 g/mol. The van der Waals surface area contributed by atoms with E-state index in [0.717, 1.165) is 19.6 Å². The van der Waals surface area contributed by atoms with Gasteiger partial charge in [-0.05, 0) is 40.2 Å². The van der Waals surface area contributed by atoms with E-state index in [1.807, 2.05) is 48.5 Å². The van der Waals surface area contributed by atoms with Crippen LogP contribution in [0.4, 0.5) is 5.13 Å². The highest BCUT2D eigenvalue weighted by Crippen LogP contribution is 2.30. The molecule has 0 saturated heterocycles. The standard InChI is InChI=1S/C15H12BrN3OS2/c16-11-7-4-8-12-14(11)17-15(22-12)19-18-13(20)9-21-10-5-2-1-3-6-10/h1-8H,9H2,(H,17,19)(H,18,20). The number of para-hydroxylation sites is 1. The normalized spacial score (nSPS) is 10.6. The number of benzene rings is 2. The molecule has 1 heterocycles. The van der Waals surface area contributed by atoms with E-state index in [1.165, 1.54) is 23.1 Å². The van der Waals surface area contributed by atoms with Crippen molar-refractivity contribution < 1.29 is 4.79 Å². The molecule has 4 nitrogen and oxygen atoms in total. The van der Waals surface area contributed by atoms with Gasteiger partial charge in [-0.2, -0.15) is 0 Å². The topological polar surface area (TPSA) is 54.0 Å². The van der Waals surface area contributed by atoms with Crippen LogP contribution in [0.2, 0.25) is 0 Å². The minimum Gasteiger partial charge on any atom is -0.273 e. The maximum Gasteiger partial charge on any atom is 0.248 e. The molecule has 0 aliphatic carbocycles. The van der Waals surface area contributed by atoms with Crippen molar-refractivity contribution in [1.82, 2.24) is 10.4 Å². The summed E-state index contributed by atoms with van der Waals surface area (Å²) >= 11 is 6.46. The lowest BCUT2D eigenvalue weighted by molar-refractivity contribution is -0.118. The highest BCUT2D eigenvalue weighted by Gasteiger charge is 2.07. The third-order valence-electron chi connectivity index (χ3n) is 2.79. The molecular weight excluding hydrogens is 382 g/mol. The molecule has 0 fully saturated rings. The molecule has 0 atom stereocenters. The van der Waals surface area contributed by atoms with Gasteiger partial charge >= 0.3 is 0 Å². The Labute approximate surface area is 144 Å². The van der Waals surface area contributed by atoms with Gasteiger partial charge in [0, 0.05) is 9.37 Å². The number of hydrazine groups is 1. The zero-order valence-corrected chi connectivity index (χ0v) is 14.6. The molecule has 1 amide bonds. The predicted molar refractivity (Wildman–Crippen MR) is 96.3 cm³/mol. The van der Waals surface area contributed by atoms with Gasteiger partial charge in [-0.1, -0.05) is 35.6 Å². The molecule has 0 aliphatic heterocycles. The monoisotopic (exact) mass is 393 g/mol. The average Bonchev–Trinajstić information content (AvgIpc) is 2.96. The Morgan fingerprint density at radius 2 is 2.00 bits per heavy atom. The molecule has 0 radical (unpaired) electrons. The van der Waals surface area contributed by atoms with E-state index in [0.29, 0.717) is 10.9 Å². The molecule has 2 aromatic carbocycles. The van der Waals surface area contributed by atoms with Crippen molar-refractivity contribution in [1.29, 1.82) is 0 Å². The first-order valence-corrected chi connectivity index (χ1v) is 9.09. The summed E-state index contributed by atoms with van der Waals surface area (Å²) < 4.78 is 2.00. The fraction of sp³-hybridized carbons (Fsp3) is 0.0667. The Morgan fingerprint density at radius 1 is 1.18 bits per heavy atom. The zero-order valence-electron chi connectivity index (χ0n) is 11.4. The minimum absolute atomic E-state index is 0.0906. The molecule has 22 heavy (non-hydrogen) atoms. The Kier molecular flexibility index (Phi) is 4.97. The summed E-state index contributed by atoms with van der Waals surface area (Å²) in [6, 6.07) is 15.7. The van der Waals surface area contributed by atoms with Crippen LogP contribution >= 0.6 is 39.0 Å². The van der Waals surface area contributed by atoms with Crippen molar-refractivity contribution in [3.05, 3.63) is 53.0 Å². The number of aromatic nitrogens is 1. The van der Waals surface area contributed by atoms with Gasteiger partial charge in [0.15, 0.2) is 0 Å². The van der Waals surface area contributed by atoms with Crippen LogP contribution in [-0.4, -0.2) is 16.6 Å². The molecule has 0 spiro atoms. The number of thioether (sulfide) groups is 1. The van der Waals surface area contributed by atoms with Crippen molar-refractivity contribution in [2.75, 3.05) is 11.2 Å². The molecule has 3 aromatic rings. The van der Waals surface area contributed by atoms with Crippen molar-refractivity contribution in [3.63, 3.8) is 0 Å². The number of hydrogen-bond acceptors (Lipinski definition) is 5. The molecule has 1 aromatic heterocycles. The second kappa shape index (κ2) is 7.13. The van der Waals surface area contributed by atoms with E-state index in [-0.39, 0.29) is 5.91 Å². The van der Waals surface area contributed by atoms with Gasteiger partial charge in [-0.25, -0.2) is 4.98 Å². The number of rotatable bonds is 5. The summed E-state index contributed by atoms with van der Waals surface area (Å²) in [5.41, 5.74) is 6.44. The zero-order chi connectivity index (χ0) is 15.4. The lowest BCUT2D eigenvalue weighted by Crippen LogP contribution is -2.30. The van der Waals surface area contributed by atoms with Crippen molar-refractivity contribution in [2.24, 2.45) is 0 Å². The van der Waals surface area contributed by atoms with Crippen LogP contribution in [0.25, 0.3) is 10.2 Å². The van der Waals surface area contributed by atoms with Crippen LogP contribution in [0, 0.1) is 0 Å². The van der Waals surface area contributed by atoms with Crippen LogP contribution in [0.5, 0.6) is 0 Å². The van der Waals surface area contributed by atoms with E-state index in [4.69, 9.17) is 0 Å². The summed E-state index contributed by atoms with van der Waals surface area (Å²) in [5.74, 6) is 0.262. The van der Waals surface area contributed by atoms with Crippen molar-refractivity contribution in [2.45, 2.75) is 4.90 Å². The van der Waals surface area contributed by atoms with Crippen molar-refractivity contribution in [3.8, 4) is 0 Å². The third-order valence-corrected chi connectivity index (χ3v) is 5.38. The lowest BCUT2D eigenvalue weighted by Gasteiger charge is -2.05. The number of amides is 1. The Bertz CT molecular complexity index is 792. The molecule has 0 unspecified atom stereocenters. The molecule has 112 valence electrons. The van der Waals surface area contributed by atoms with Crippen molar-refractivity contribution >= 4 is 60.3 Å². The van der Waals surface area contributed by atoms with Gasteiger partial charge in [0.2, 0.25) is 11.0 Å². The summed E-state index contributed by atoms with van der Waals surface area (Å²) in [4.78, 5) is 17.4. The highest BCUT2D eigenvalue weighted by molar-refractivity contribution is 9.10. The van der Waals surface area contributed by atoms with Crippen LogP contribution in [-0.2, 0) is 4.79 Å². The number of carbonyl (C=O) groups excluding carboxylic acids is 1. The van der Waals surface area contributed by atoms with Gasteiger partial charge in [0.25, 0.3) is 0 Å². The second-order valence-electron chi connectivity index (χ2n) is 4.38. The lowest BCUT2D eigenvalue weighted by atomic mass is 10.3. The van der Waals surface area contributed by atoms with E-state index in [1.54, 1.807) is 0 Å². The number of thiazole rings is 1. The van der Waals surface area contributed by atoms with Crippen LogP contribution in [0.1, 0.15) is 0 Å². The number of nitrogens with one attached hydrogen (secondary N) is 2. The molecule has 3 rings (SSSR count). The Balaban J connectivity index is 1.55. The third kappa shape index (κ3) is 3.79. The molecule has 0 aliphatic rings. The first-order valence-electron chi connectivity index (χ1n) is 6.50. The van der Waals surface area contributed by atoms with Crippen LogP contribution < -0.4 is 10.9 Å². The number of nitrogens with zero attached hydrogens (tertiary/aromatic N) is 1.